The zero-order valence-corrected chi connectivity index (χ0v) is 11.8. The second kappa shape index (κ2) is 4.37. The fraction of sp³-hybridized carbons (Fsp3) is 0.800. The van der Waals surface area contributed by atoms with Gasteiger partial charge >= 0.3 is 0 Å². The standard InChI is InChI=1S/C15H25N3/c1-11-5-4-6-13(17-11)14-9-16-10-18(14)15(2,3)12-7-8-12/h9-13,17H,4-8H2,1-3H3. The molecule has 1 aliphatic heterocycles. The number of rotatable bonds is 3. The molecule has 1 aromatic heterocycles. The first-order valence-electron chi connectivity index (χ1n) is 7.38. The summed E-state index contributed by atoms with van der Waals surface area (Å²) in [5, 5.41) is 3.73. The quantitative estimate of drug-likeness (QED) is 0.888. The number of hydrogen-bond acceptors (Lipinski definition) is 2. The Hall–Kier alpha value is -0.830. The lowest BCUT2D eigenvalue weighted by Gasteiger charge is -2.34. The summed E-state index contributed by atoms with van der Waals surface area (Å²) in [6.07, 6.45) is 10.7. The van der Waals surface area contributed by atoms with Gasteiger partial charge in [-0.2, -0.15) is 0 Å². The second-order valence-corrected chi connectivity index (χ2v) is 6.67. The first-order chi connectivity index (χ1) is 8.59. The van der Waals surface area contributed by atoms with Gasteiger partial charge in [-0.3, -0.25) is 0 Å². The van der Waals surface area contributed by atoms with Crippen LogP contribution in [0.5, 0.6) is 0 Å². The van der Waals surface area contributed by atoms with Crippen molar-refractivity contribution in [1.29, 1.82) is 0 Å². The van der Waals surface area contributed by atoms with Crippen LogP contribution in [0.15, 0.2) is 12.5 Å². The van der Waals surface area contributed by atoms with E-state index in [4.69, 9.17) is 0 Å². The maximum absolute atomic E-state index is 4.42. The van der Waals surface area contributed by atoms with Gasteiger partial charge in [-0.1, -0.05) is 0 Å². The highest BCUT2D eigenvalue weighted by atomic mass is 15.1. The van der Waals surface area contributed by atoms with Crippen LogP contribution >= 0.6 is 0 Å². The molecule has 2 atom stereocenters. The van der Waals surface area contributed by atoms with E-state index in [0.29, 0.717) is 12.1 Å². The summed E-state index contributed by atoms with van der Waals surface area (Å²) in [7, 11) is 0. The topological polar surface area (TPSA) is 29.9 Å². The lowest BCUT2D eigenvalue weighted by atomic mass is 9.94. The molecule has 1 saturated heterocycles. The Morgan fingerprint density at radius 3 is 2.72 bits per heavy atom. The molecule has 3 heteroatoms. The highest BCUT2D eigenvalue weighted by Gasteiger charge is 2.40. The molecule has 2 heterocycles. The highest BCUT2D eigenvalue weighted by Crippen LogP contribution is 2.45. The predicted octanol–water partition coefficient (Wildman–Crippen LogP) is 3.23. The van der Waals surface area contributed by atoms with E-state index in [-0.39, 0.29) is 5.54 Å². The van der Waals surface area contributed by atoms with Gasteiger partial charge in [0.2, 0.25) is 0 Å². The number of piperidine rings is 1. The molecule has 0 spiro atoms. The number of nitrogens with one attached hydrogen (secondary N) is 1. The third-order valence-electron chi connectivity index (χ3n) is 4.84. The molecule has 2 unspecified atom stereocenters. The van der Waals surface area contributed by atoms with Gasteiger partial charge in [-0.15, -0.1) is 0 Å². The number of aromatic nitrogens is 2. The normalized spacial score (nSPS) is 29.5. The molecule has 18 heavy (non-hydrogen) atoms. The molecule has 1 aliphatic carbocycles. The molecule has 3 nitrogen and oxygen atoms in total. The van der Waals surface area contributed by atoms with E-state index < -0.39 is 0 Å². The van der Waals surface area contributed by atoms with Gasteiger partial charge in [-0.25, -0.2) is 4.98 Å². The first kappa shape index (κ1) is 12.2. The molecule has 1 saturated carbocycles. The molecule has 3 rings (SSSR count). The van der Waals surface area contributed by atoms with Crippen molar-refractivity contribution >= 4 is 0 Å². The Morgan fingerprint density at radius 2 is 2.06 bits per heavy atom. The van der Waals surface area contributed by atoms with Crippen molar-refractivity contribution in [2.75, 3.05) is 0 Å². The van der Waals surface area contributed by atoms with Crippen LogP contribution < -0.4 is 5.32 Å². The number of imidazole rings is 1. The zero-order chi connectivity index (χ0) is 12.8. The molecule has 2 fully saturated rings. The van der Waals surface area contributed by atoms with Crippen LogP contribution in [0.2, 0.25) is 0 Å². The molecule has 0 amide bonds. The fourth-order valence-corrected chi connectivity index (χ4v) is 3.40. The molecule has 0 aromatic carbocycles. The minimum absolute atomic E-state index is 0.230. The third-order valence-corrected chi connectivity index (χ3v) is 4.84. The summed E-state index contributed by atoms with van der Waals surface area (Å²) in [5.74, 6) is 0.839. The summed E-state index contributed by atoms with van der Waals surface area (Å²) >= 11 is 0. The lowest BCUT2D eigenvalue weighted by molar-refractivity contribution is 0.266. The molecule has 2 aliphatic rings. The van der Waals surface area contributed by atoms with Crippen molar-refractivity contribution in [3.05, 3.63) is 18.2 Å². The largest absolute Gasteiger partial charge is 0.327 e. The minimum atomic E-state index is 0.230. The molecule has 1 aromatic rings. The Bertz CT molecular complexity index is 417. The summed E-state index contributed by atoms with van der Waals surface area (Å²) in [4.78, 5) is 4.42. The van der Waals surface area contributed by atoms with Crippen molar-refractivity contribution in [3.8, 4) is 0 Å². The minimum Gasteiger partial charge on any atom is -0.327 e. The molecule has 1 N–H and O–H groups in total. The van der Waals surface area contributed by atoms with Crippen molar-refractivity contribution in [3.63, 3.8) is 0 Å². The SMILES string of the molecule is CC1CCCC(c2cncn2C(C)(C)C2CC2)N1. The maximum Gasteiger partial charge on any atom is 0.0953 e. The van der Waals surface area contributed by atoms with Crippen LogP contribution in [0, 0.1) is 5.92 Å². The third kappa shape index (κ3) is 2.09. The summed E-state index contributed by atoms with van der Waals surface area (Å²) in [5.41, 5.74) is 1.62. The Morgan fingerprint density at radius 1 is 1.28 bits per heavy atom. The van der Waals surface area contributed by atoms with Gasteiger partial charge in [0.25, 0.3) is 0 Å². The van der Waals surface area contributed by atoms with Crippen molar-refractivity contribution in [2.45, 2.75) is 70.5 Å². The van der Waals surface area contributed by atoms with E-state index in [2.05, 4.69) is 41.8 Å². The van der Waals surface area contributed by atoms with Gasteiger partial charge in [0.1, 0.15) is 0 Å². The second-order valence-electron chi connectivity index (χ2n) is 6.67. The highest BCUT2D eigenvalue weighted by molar-refractivity contribution is 5.12. The molecule has 0 radical (unpaired) electrons. The lowest BCUT2D eigenvalue weighted by Crippen LogP contribution is -2.38. The van der Waals surface area contributed by atoms with Crippen LogP contribution in [-0.4, -0.2) is 15.6 Å². The van der Waals surface area contributed by atoms with Crippen LogP contribution in [0.25, 0.3) is 0 Å². The number of hydrogen-bond donors (Lipinski definition) is 1. The van der Waals surface area contributed by atoms with E-state index in [0.717, 1.165) is 5.92 Å². The van der Waals surface area contributed by atoms with Crippen LogP contribution in [0.4, 0.5) is 0 Å². The monoisotopic (exact) mass is 247 g/mol. The summed E-state index contributed by atoms with van der Waals surface area (Å²) < 4.78 is 2.43. The zero-order valence-electron chi connectivity index (χ0n) is 11.8. The summed E-state index contributed by atoms with van der Waals surface area (Å²) in [6, 6.07) is 1.13. The average molecular weight is 247 g/mol. The molecule has 0 bridgehead atoms. The Kier molecular flexibility index (Phi) is 2.97. The maximum atomic E-state index is 4.42. The van der Waals surface area contributed by atoms with Crippen molar-refractivity contribution < 1.29 is 0 Å². The Balaban J connectivity index is 1.86. The first-order valence-corrected chi connectivity index (χ1v) is 7.38. The van der Waals surface area contributed by atoms with Gasteiger partial charge in [0.05, 0.1) is 12.0 Å². The van der Waals surface area contributed by atoms with Crippen LogP contribution in [0.3, 0.4) is 0 Å². The average Bonchev–Trinajstić information content (AvgIpc) is 3.07. The number of nitrogens with zero attached hydrogens (tertiary/aromatic N) is 2. The van der Waals surface area contributed by atoms with E-state index in [1.165, 1.54) is 37.8 Å². The predicted molar refractivity (Wildman–Crippen MR) is 73.5 cm³/mol. The van der Waals surface area contributed by atoms with E-state index in [1.54, 1.807) is 0 Å². The van der Waals surface area contributed by atoms with Gasteiger partial charge in [-0.05, 0) is 58.8 Å². The van der Waals surface area contributed by atoms with Gasteiger partial charge in [0.15, 0.2) is 0 Å². The molecular formula is C15H25N3. The molecular weight excluding hydrogens is 222 g/mol. The van der Waals surface area contributed by atoms with Gasteiger partial charge < -0.3 is 9.88 Å². The van der Waals surface area contributed by atoms with E-state index in [1.807, 2.05) is 6.33 Å². The van der Waals surface area contributed by atoms with Crippen LogP contribution in [-0.2, 0) is 5.54 Å². The summed E-state index contributed by atoms with van der Waals surface area (Å²) in [6.45, 7) is 7.02. The van der Waals surface area contributed by atoms with Crippen LogP contribution in [0.1, 0.15) is 64.6 Å². The van der Waals surface area contributed by atoms with Crippen molar-refractivity contribution in [2.24, 2.45) is 5.92 Å². The van der Waals surface area contributed by atoms with Crippen molar-refractivity contribution in [1.82, 2.24) is 14.9 Å². The van der Waals surface area contributed by atoms with E-state index >= 15 is 0 Å². The van der Waals surface area contributed by atoms with Gasteiger partial charge in [0, 0.05) is 23.8 Å². The Labute approximate surface area is 110 Å². The molecule has 100 valence electrons. The van der Waals surface area contributed by atoms with E-state index in [9.17, 15) is 0 Å². The smallest absolute Gasteiger partial charge is 0.0953 e. The fourth-order valence-electron chi connectivity index (χ4n) is 3.40.